The summed E-state index contributed by atoms with van der Waals surface area (Å²) in [6.07, 6.45) is 11.4. The number of aromatic nitrogens is 3. The highest BCUT2D eigenvalue weighted by Crippen LogP contribution is 2.37. The molecule has 0 saturated heterocycles. The lowest BCUT2D eigenvalue weighted by Gasteiger charge is -2.30. The van der Waals surface area contributed by atoms with Crippen LogP contribution in [0, 0.1) is 5.92 Å². The van der Waals surface area contributed by atoms with Crippen molar-refractivity contribution in [2.75, 3.05) is 5.73 Å². The summed E-state index contributed by atoms with van der Waals surface area (Å²) in [5, 5.41) is 0. The van der Waals surface area contributed by atoms with E-state index in [9.17, 15) is 0 Å². The fraction of sp³-hybridized carbons (Fsp3) is 0.600. The van der Waals surface area contributed by atoms with Crippen LogP contribution in [0.15, 0.2) is 18.5 Å². The van der Waals surface area contributed by atoms with Gasteiger partial charge in [-0.1, -0.05) is 19.8 Å². The van der Waals surface area contributed by atoms with Crippen LogP contribution in [-0.4, -0.2) is 14.5 Å². The molecule has 0 atom stereocenters. The largest absolute Gasteiger partial charge is 0.369 e. The second kappa shape index (κ2) is 5.19. The molecule has 0 radical (unpaired) electrons. The normalized spacial score (nSPS) is 23.8. The van der Waals surface area contributed by atoms with Crippen LogP contribution in [0.2, 0.25) is 0 Å². The van der Waals surface area contributed by atoms with Crippen LogP contribution in [0.5, 0.6) is 0 Å². The lowest BCUT2D eigenvalue weighted by atomic mass is 9.83. The van der Waals surface area contributed by atoms with Gasteiger partial charge < -0.3 is 10.3 Å². The van der Waals surface area contributed by atoms with E-state index < -0.39 is 0 Å². The summed E-state index contributed by atoms with van der Waals surface area (Å²) in [4.78, 5) is 8.54. The smallest absolute Gasteiger partial charge is 0.201 e. The van der Waals surface area contributed by atoms with Gasteiger partial charge in [0.2, 0.25) is 5.95 Å². The van der Waals surface area contributed by atoms with Gasteiger partial charge in [-0.3, -0.25) is 4.98 Å². The Bertz CT molecular complexity index is 552. The average molecular weight is 258 g/mol. The van der Waals surface area contributed by atoms with Gasteiger partial charge in [-0.25, -0.2) is 4.98 Å². The maximum absolute atomic E-state index is 6.10. The third kappa shape index (κ3) is 2.31. The lowest BCUT2D eigenvalue weighted by Crippen LogP contribution is -2.19. The Hall–Kier alpha value is -1.58. The number of imidazole rings is 1. The van der Waals surface area contributed by atoms with E-state index in [-0.39, 0.29) is 0 Å². The van der Waals surface area contributed by atoms with Crippen LogP contribution in [0.25, 0.3) is 11.0 Å². The Morgan fingerprint density at radius 2 is 2.11 bits per heavy atom. The van der Waals surface area contributed by atoms with E-state index in [0.717, 1.165) is 17.0 Å². The molecule has 3 rings (SSSR count). The predicted molar refractivity (Wildman–Crippen MR) is 77.8 cm³/mol. The number of fused-ring (bicyclic) bond motifs is 1. The zero-order valence-electron chi connectivity index (χ0n) is 11.5. The Morgan fingerprint density at radius 1 is 1.32 bits per heavy atom. The first-order valence-corrected chi connectivity index (χ1v) is 7.37. The van der Waals surface area contributed by atoms with Gasteiger partial charge >= 0.3 is 0 Å². The molecule has 1 fully saturated rings. The van der Waals surface area contributed by atoms with Crippen molar-refractivity contribution in [3.8, 4) is 0 Å². The Labute approximate surface area is 114 Å². The number of hydrogen-bond donors (Lipinski definition) is 1. The second-order valence-corrected chi connectivity index (χ2v) is 5.67. The van der Waals surface area contributed by atoms with Crippen molar-refractivity contribution in [3.05, 3.63) is 18.5 Å². The summed E-state index contributed by atoms with van der Waals surface area (Å²) in [7, 11) is 0. The first-order valence-electron chi connectivity index (χ1n) is 7.37. The summed E-state index contributed by atoms with van der Waals surface area (Å²) in [5.41, 5.74) is 8.15. The van der Waals surface area contributed by atoms with Gasteiger partial charge in [0, 0.05) is 12.2 Å². The maximum Gasteiger partial charge on any atom is 0.201 e. The van der Waals surface area contributed by atoms with Crippen LogP contribution in [0.3, 0.4) is 0 Å². The van der Waals surface area contributed by atoms with Gasteiger partial charge in [0.05, 0.1) is 11.7 Å². The molecule has 0 unspecified atom stereocenters. The molecule has 0 amide bonds. The zero-order valence-corrected chi connectivity index (χ0v) is 11.5. The van der Waals surface area contributed by atoms with E-state index in [2.05, 4.69) is 21.5 Å². The quantitative estimate of drug-likeness (QED) is 0.916. The van der Waals surface area contributed by atoms with Gasteiger partial charge in [0.1, 0.15) is 5.52 Å². The summed E-state index contributed by atoms with van der Waals surface area (Å²) >= 11 is 0. The predicted octanol–water partition coefficient (Wildman–Crippen LogP) is 3.54. The summed E-state index contributed by atoms with van der Waals surface area (Å²) in [6, 6.07) is 2.54. The molecule has 1 aliphatic carbocycles. The molecule has 4 nitrogen and oxygen atoms in total. The molecular weight excluding hydrogens is 236 g/mol. The summed E-state index contributed by atoms with van der Waals surface area (Å²) in [6.45, 7) is 2.28. The first kappa shape index (κ1) is 12.5. The van der Waals surface area contributed by atoms with Crippen LogP contribution >= 0.6 is 0 Å². The minimum atomic E-state index is 0.514. The molecule has 4 heteroatoms. The van der Waals surface area contributed by atoms with Crippen molar-refractivity contribution in [1.29, 1.82) is 0 Å². The van der Waals surface area contributed by atoms with E-state index in [1.54, 1.807) is 6.20 Å². The molecule has 2 N–H and O–H groups in total. The highest BCUT2D eigenvalue weighted by atomic mass is 15.2. The SMILES string of the molecule is CCCC1CCC(n2c(N)nc3cnccc32)CC1. The van der Waals surface area contributed by atoms with Crippen LogP contribution in [0.1, 0.15) is 51.5 Å². The van der Waals surface area contributed by atoms with Crippen LogP contribution in [0.4, 0.5) is 5.95 Å². The third-order valence-corrected chi connectivity index (χ3v) is 4.40. The molecule has 0 aromatic carbocycles. The van der Waals surface area contributed by atoms with Gasteiger partial charge in [0.15, 0.2) is 0 Å². The molecule has 1 aliphatic rings. The van der Waals surface area contributed by atoms with E-state index in [0.29, 0.717) is 12.0 Å². The topological polar surface area (TPSA) is 56.7 Å². The summed E-state index contributed by atoms with van der Waals surface area (Å²) in [5.74, 6) is 1.56. The lowest BCUT2D eigenvalue weighted by molar-refractivity contribution is 0.267. The molecule has 2 heterocycles. The van der Waals surface area contributed by atoms with Crippen LogP contribution in [-0.2, 0) is 0 Å². The molecular formula is C15H22N4. The molecule has 2 aromatic heterocycles. The van der Waals surface area contributed by atoms with Crippen LogP contribution < -0.4 is 5.73 Å². The van der Waals surface area contributed by atoms with E-state index in [1.165, 1.54) is 38.5 Å². The molecule has 19 heavy (non-hydrogen) atoms. The number of pyridine rings is 1. The van der Waals surface area contributed by atoms with Crippen molar-refractivity contribution in [3.63, 3.8) is 0 Å². The minimum Gasteiger partial charge on any atom is -0.369 e. The van der Waals surface area contributed by atoms with Crippen molar-refractivity contribution >= 4 is 17.0 Å². The standard InChI is InChI=1S/C15H22N4/c1-2-3-11-4-6-12(7-5-11)19-14-8-9-17-10-13(14)18-15(19)16/h8-12H,2-7H2,1H3,(H2,16,18). The third-order valence-electron chi connectivity index (χ3n) is 4.40. The number of nitrogens with zero attached hydrogens (tertiary/aromatic N) is 3. The van der Waals surface area contributed by atoms with Gasteiger partial charge in [-0.2, -0.15) is 0 Å². The van der Waals surface area contributed by atoms with Gasteiger partial charge in [0.25, 0.3) is 0 Å². The van der Waals surface area contributed by atoms with Crippen molar-refractivity contribution in [2.24, 2.45) is 5.92 Å². The van der Waals surface area contributed by atoms with Gasteiger partial charge in [-0.05, 0) is 37.7 Å². The van der Waals surface area contributed by atoms with E-state index in [4.69, 9.17) is 5.73 Å². The van der Waals surface area contributed by atoms with E-state index >= 15 is 0 Å². The second-order valence-electron chi connectivity index (χ2n) is 5.67. The molecule has 0 spiro atoms. The monoisotopic (exact) mass is 258 g/mol. The number of nitrogens with two attached hydrogens (primary N) is 1. The van der Waals surface area contributed by atoms with Crippen molar-refractivity contribution in [2.45, 2.75) is 51.5 Å². The number of hydrogen-bond acceptors (Lipinski definition) is 3. The first-order chi connectivity index (χ1) is 9.29. The fourth-order valence-corrected chi connectivity index (χ4v) is 3.45. The highest BCUT2D eigenvalue weighted by molar-refractivity contribution is 5.77. The maximum atomic E-state index is 6.10. The Morgan fingerprint density at radius 3 is 2.84 bits per heavy atom. The Balaban J connectivity index is 1.83. The number of nitrogen functional groups attached to an aromatic ring is 1. The van der Waals surface area contributed by atoms with Crippen molar-refractivity contribution < 1.29 is 0 Å². The zero-order chi connectivity index (χ0) is 13.2. The van der Waals surface area contributed by atoms with Crippen molar-refractivity contribution in [1.82, 2.24) is 14.5 Å². The Kier molecular flexibility index (Phi) is 3.40. The fourth-order valence-electron chi connectivity index (χ4n) is 3.45. The molecule has 0 aliphatic heterocycles. The number of rotatable bonds is 3. The number of anilines is 1. The molecule has 1 saturated carbocycles. The highest BCUT2D eigenvalue weighted by Gasteiger charge is 2.24. The molecule has 2 aromatic rings. The summed E-state index contributed by atoms with van der Waals surface area (Å²) < 4.78 is 2.22. The minimum absolute atomic E-state index is 0.514. The molecule has 0 bridgehead atoms. The van der Waals surface area contributed by atoms with E-state index in [1.807, 2.05) is 12.3 Å². The molecule has 102 valence electrons. The van der Waals surface area contributed by atoms with Gasteiger partial charge in [-0.15, -0.1) is 0 Å². The average Bonchev–Trinajstić information content (AvgIpc) is 2.76.